The fraction of sp³-hybridized carbons (Fsp3) is 0.409. The van der Waals surface area contributed by atoms with Gasteiger partial charge in [-0.05, 0) is 62.4 Å². The standard InChI is InChI=1S/C22H23NO4S/c1-14-10-17-12-20(21(24)16-2-3-18-19(11-16)27-13-26-18)28-22(17)23(14)7-4-15-5-8-25-9-6-15/h2-3,10-12,15H,4-9,13H2,1H3. The van der Waals surface area contributed by atoms with Crippen molar-refractivity contribution in [2.45, 2.75) is 32.7 Å². The number of hydrogen-bond acceptors (Lipinski definition) is 5. The molecule has 5 rings (SSSR count). The van der Waals surface area contributed by atoms with Gasteiger partial charge >= 0.3 is 0 Å². The van der Waals surface area contributed by atoms with Crippen molar-refractivity contribution < 1.29 is 19.0 Å². The van der Waals surface area contributed by atoms with Crippen molar-refractivity contribution in [3.63, 3.8) is 0 Å². The van der Waals surface area contributed by atoms with Crippen LogP contribution in [0.2, 0.25) is 0 Å². The van der Waals surface area contributed by atoms with Gasteiger partial charge in [0.25, 0.3) is 0 Å². The van der Waals surface area contributed by atoms with Crippen LogP contribution in [0.25, 0.3) is 10.2 Å². The van der Waals surface area contributed by atoms with Crippen molar-refractivity contribution in [1.29, 1.82) is 0 Å². The zero-order chi connectivity index (χ0) is 19.1. The lowest BCUT2D eigenvalue weighted by Crippen LogP contribution is -2.17. The smallest absolute Gasteiger partial charge is 0.231 e. The van der Waals surface area contributed by atoms with Gasteiger partial charge in [0, 0.05) is 36.4 Å². The third-order valence-corrected chi connectivity index (χ3v) is 6.91. The normalized spacial score (nSPS) is 16.8. The minimum Gasteiger partial charge on any atom is -0.454 e. The van der Waals surface area contributed by atoms with E-state index in [0.29, 0.717) is 17.1 Å². The number of aromatic nitrogens is 1. The Balaban J connectivity index is 1.39. The molecule has 4 heterocycles. The maximum absolute atomic E-state index is 13.0. The van der Waals surface area contributed by atoms with E-state index in [9.17, 15) is 4.79 Å². The van der Waals surface area contributed by atoms with Gasteiger partial charge in [-0.2, -0.15) is 0 Å². The Morgan fingerprint density at radius 3 is 2.82 bits per heavy atom. The molecule has 2 aliphatic heterocycles. The average Bonchev–Trinajstić information content (AvgIpc) is 3.41. The van der Waals surface area contributed by atoms with Gasteiger partial charge in [-0.1, -0.05) is 0 Å². The molecule has 2 aliphatic rings. The molecule has 0 aliphatic carbocycles. The van der Waals surface area contributed by atoms with E-state index in [1.54, 1.807) is 23.5 Å². The van der Waals surface area contributed by atoms with Crippen LogP contribution in [0.4, 0.5) is 0 Å². The van der Waals surface area contributed by atoms with Gasteiger partial charge in [-0.3, -0.25) is 4.79 Å². The third kappa shape index (κ3) is 3.20. The van der Waals surface area contributed by atoms with Crippen LogP contribution in [0.3, 0.4) is 0 Å². The Morgan fingerprint density at radius 2 is 1.96 bits per heavy atom. The summed E-state index contributed by atoms with van der Waals surface area (Å²) in [6, 6.07) is 9.60. The Morgan fingerprint density at radius 1 is 1.14 bits per heavy atom. The Hall–Kier alpha value is -2.31. The summed E-state index contributed by atoms with van der Waals surface area (Å²) in [6.45, 7) is 5.14. The number of nitrogens with zero attached hydrogens (tertiary/aromatic N) is 1. The molecule has 0 radical (unpaired) electrons. The Labute approximate surface area is 167 Å². The van der Waals surface area contributed by atoms with Crippen molar-refractivity contribution in [2.75, 3.05) is 20.0 Å². The number of benzene rings is 1. The molecule has 0 atom stereocenters. The fourth-order valence-electron chi connectivity index (χ4n) is 4.09. The lowest BCUT2D eigenvalue weighted by atomic mass is 9.97. The third-order valence-electron chi connectivity index (χ3n) is 5.74. The highest BCUT2D eigenvalue weighted by Gasteiger charge is 2.21. The first-order valence-corrected chi connectivity index (χ1v) is 10.6. The first-order valence-electron chi connectivity index (χ1n) is 9.81. The van der Waals surface area contributed by atoms with Gasteiger partial charge < -0.3 is 18.8 Å². The largest absolute Gasteiger partial charge is 0.454 e. The first-order chi connectivity index (χ1) is 13.7. The molecule has 0 amide bonds. The topological polar surface area (TPSA) is 49.7 Å². The zero-order valence-corrected chi connectivity index (χ0v) is 16.7. The summed E-state index contributed by atoms with van der Waals surface area (Å²) < 4.78 is 18.6. The summed E-state index contributed by atoms with van der Waals surface area (Å²) >= 11 is 1.58. The molecule has 0 N–H and O–H groups in total. The molecule has 146 valence electrons. The highest BCUT2D eigenvalue weighted by atomic mass is 32.1. The van der Waals surface area contributed by atoms with Gasteiger partial charge in [0.2, 0.25) is 12.6 Å². The highest BCUT2D eigenvalue weighted by Crippen LogP contribution is 2.35. The van der Waals surface area contributed by atoms with Gasteiger partial charge in [-0.15, -0.1) is 11.3 Å². The predicted octanol–water partition coefficient (Wildman–Crippen LogP) is 4.79. The van der Waals surface area contributed by atoms with Crippen LogP contribution in [0, 0.1) is 12.8 Å². The van der Waals surface area contributed by atoms with Gasteiger partial charge in [-0.25, -0.2) is 0 Å². The summed E-state index contributed by atoms with van der Waals surface area (Å²) in [5.74, 6) is 2.11. The molecule has 2 aromatic heterocycles. The molecular weight excluding hydrogens is 374 g/mol. The second-order valence-corrected chi connectivity index (χ2v) is 8.58. The zero-order valence-electron chi connectivity index (χ0n) is 15.9. The summed E-state index contributed by atoms with van der Waals surface area (Å²) in [7, 11) is 0. The van der Waals surface area contributed by atoms with Crippen molar-refractivity contribution in [3.8, 4) is 11.5 Å². The summed E-state index contributed by atoms with van der Waals surface area (Å²) in [4.78, 5) is 15.0. The molecule has 3 aromatic rings. The Kier molecular flexibility index (Phi) is 4.61. The van der Waals surface area contributed by atoms with E-state index in [1.807, 2.05) is 12.1 Å². The lowest BCUT2D eigenvalue weighted by Gasteiger charge is -2.22. The van der Waals surface area contributed by atoms with E-state index < -0.39 is 0 Å². The summed E-state index contributed by atoms with van der Waals surface area (Å²) in [6.07, 6.45) is 3.47. The summed E-state index contributed by atoms with van der Waals surface area (Å²) in [5.41, 5.74) is 1.90. The second kappa shape index (κ2) is 7.26. The van der Waals surface area contributed by atoms with Crippen LogP contribution in [0.5, 0.6) is 11.5 Å². The number of carbonyl (C=O) groups is 1. The van der Waals surface area contributed by atoms with E-state index in [2.05, 4.69) is 17.6 Å². The van der Waals surface area contributed by atoms with Crippen LogP contribution in [0.15, 0.2) is 30.3 Å². The molecule has 0 spiro atoms. The van der Waals surface area contributed by atoms with Crippen LogP contribution >= 0.6 is 11.3 Å². The molecule has 1 aromatic carbocycles. The molecule has 0 unspecified atom stereocenters. The van der Waals surface area contributed by atoms with Crippen molar-refractivity contribution >= 4 is 27.3 Å². The van der Waals surface area contributed by atoms with Crippen LogP contribution in [-0.4, -0.2) is 30.4 Å². The minimum absolute atomic E-state index is 0.0353. The number of ether oxygens (including phenoxy) is 3. The number of fused-ring (bicyclic) bond motifs is 2. The number of thiophene rings is 1. The molecule has 1 fully saturated rings. The van der Waals surface area contributed by atoms with E-state index in [0.717, 1.165) is 55.2 Å². The second-order valence-electron chi connectivity index (χ2n) is 7.55. The van der Waals surface area contributed by atoms with Crippen LogP contribution < -0.4 is 9.47 Å². The van der Waals surface area contributed by atoms with Crippen molar-refractivity contribution in [1.82, 2.24) is 4.57 Å². The quantitative estimate of drug-likeness (QED) is 0.581. The van der Waals surface area contributed by atoms with Crippen LogP contribution in [0.1, 0.15) is 40.2 Å². The number of aryl methyl sites for hydroxylation is 2. The number of ketones is 1. The molecule has 28 heavy (non-hydrogen) atoms. The maximum Gasteiger partial charge on any atom is 0.231 e. The van der Waals surface area contributed by atoms with E-state index >= 15 is 0 Å². The monoisotopic (exact) mass is 397 g/mol. The molecule has 0 bridgehead atoms. The molecule has 0 saturated carbocycles. The summed E-state index contributed by atoms with van der Waals surface area (Å²) in [5, 5.41) is 1.15. The van der Waals surface area contributed by atoms with Crippen molar-refractivity contribution in [2.24, 2.45) is 5.92 Å². The van der Waals surface area contributed by atoms with E-state index in [1.165, 1.54) is 10.5 Å². The SMILES string of the molecule is Cc1cc2cc(C(=O)c3ccc4c(c3)OCO4)sc2n1CCC1CCOCC1. The Bertz CT molecular complexity index is 1030. The first kappa shape index (κ1) is 17.8. The highest BCUT2D eigenvalue weighted by molar-refractivity contribution is 7.20. The van der Waals surface area contributed by atoms with Gasteiger partial charge in [0.1, 0.15) is 4.83 Å². The molecule has 5 nitrogen and oxygen atoms in total. The van der Waals surface area contributed by atoms with Crippen molar-refractivity contribution in [3.05, 3.63) is 46.5 Å². The minimum atomic E-state index is 0.0353. The predicted molar refractivity (Wildman–Crippen MR) is 109 cm³/mol. The van der Waals surface area contributed by atoms with Crippen LogP contribution in [-0.2, 0) is 11.3 Å². The molecule has 1 saturated heterocycles. The average molecular weight is 397 g/mol. The van der Waals surface area contributed by atoms with Gasteiger partial charge in [0.15, 0.2) is 11.5 Å². The van der Waals surface area contributed by atoms with E-state index in [-0.39, 0.29) is 12.6 Å². The molecule has 6 heteroatoms. The van der Waals surface area contributed by atoms with Gasteiger partial charge in [0.05, 0.1) is 4.88 Å². The molecular formula is C22H23NO4S. The number of hydrogen-bond donors (Lipinski definition) is 0. The number of rotatable bonds is 5. The fourth-order valence-corrected chi connectivity index (χ4v) is 5.28. The number of carbonyl (C=O) groups excluding carboxylic acids is 1. The maximum atomic E-state index is 13.0. The van der Waals surface area contributed by atoms with E-state index in [4.69, 9.17) is 14.2 Å². The lowest BCUT2D eigenvalue weighted by molar-refractivity contribution is 0.0627.